The number of allylic oxidation sites excluding steroid dienone is 2. The van der Waals surface area contributed by atoms with Crippen LogP contribution in [0.4, 0.5) is 17.3 Å². The molecule has 10 heteroatoms. The van der Waals surface area contributed by atoms with Gasteiger partial charge in [-0.05, 0) is 52.2 Å². The minimum atomic E-state index is -6.00. The fourth-order valence-electron chi connectivity index (χ4n) is 2.68. The Kier molecular flexibility index (Phi) is 11.0. The Bertz CT molecular complexity index is 537. The Labute approximate surface area is 156 Å². The van der Waals surface area contributed by atoms with Gasteiger partial charge in [0.05, 0.1) is 5.41 Å². The molecule has 0 aromatic rings. The molecule has 0 amide bonds. The summed E-state index contributed by atoms with van der Waals surface area (Å²) >= 11 is 0. The van der Waals surface area contributed by atoms with Crippen molar-refractivity contribution in [2.45, 2.75) is 46.0 Å². The van der Waals surface area contributed by atoms with Gasteiger partial charge in [-0.25, -0.2) is 4.79 Å². The van der Waals surface area contributed by atoms with Gasteiger partial charge in [-0.3, -0.25) is 4.79 Å². The van der Waals surface area contributed by atoms with Crippen molar-refractivity contribution in [1.82, 2.24) is 4.90 Å². The van der Waals surface area contributed by atoms with E-state index < -0.39 is 24.6 Å². The largest absolute Gasteiger partial charge is 0.673 e. The first-order valence-corrected chi connectivity index (χ1v) is 8.84. The van der Waals surface area contributed by atoms with Crippen LogP contribution in [0.2, 0.25) is 0 Å². The van der Waals surface area contributed by atoms with Crippen molar-refractivity contribution in [1.29, 1.82) is 0 Å². The molecule has 1 atom stereocenters. The van der Waals surface area contributed by atoms with Crippen molar-refractivity contribution in [3.05, 3.63) is 23.8 Å². The number of carbonyl (C=O) groups is 2. The Morgan fingerprint density at radius 2 is 1.67 bits per heavy atom. The third kappa shape index (κ3) is 12.2. The smallest absolute Gasteiger partial charge is 0.481 e. The van der Waals surface area contributed by atoms with Crippen LogP contribution in [0.1, 0.15) is 46.0 Å². The molecule has 0 saturated carbocycles. The maximum atomic E-state index is 10.8. The molecule has 27 heavy (non-hydrogen) atoms. The lowest BCUT2D eigenvalue weighted by molar-refractivity contribution is -0.145. The molecule has 1 aliphatic heterocycles. The van der Waals surface area contributed by atoms with E-state index in [1.165, 1.54) is 70.5 Å². The number of rotatable bonds is 4. The molecule has 0 aromatic heterocycles. The monoisotopic (exact) mass is 396 g/mol. The highest BCUT2D eigenvalue weighted by Crippen LogP contribution is 2.31. The predicted octanol–water partition coefficient (Wildman–Crippen LogP) is 4.23. The van der Waals surface area contributed by atoms with Gasteiger partial charge in [0.25, 0.3) is 0 Å². The van der Waals surface area contributed by atoms with Crippen LogP contribution in [0, 0.1) is 5.41 Å². The van der Waals surface area contributed by atoms with Crippen LogP contribution >= 0.6 is 0 Å². The van der Waals surface area contributed by atoms with E-state index >= 15 is 0 Å². The van der Waals surface area contributed by atoms with Gasteiger partial charge < -0.3 is 32.4 Å². The first-order valence-electron chi connectivity index (χ1n) is 8.84. The van der Waals surface area contributed by atoms with Crippen molar-refractivity contribution in [2.24, 2.45) is 5.41 Å². The van der Waals surface area contributed by atoms with Crippen LogP contribution in [0.15, 0.2) is 23.8 Å². The third-order valence-corrected chi connectivity index (χ3v) is 4.07. The van der Waals surface area contributed by atoms with Gasteiger partial charge in [0.2, 0.25) is 0 Å². The first kappa shape index (κ1) is 25.2. The van der Waals surface area contributed by atoms with Crippen LogP contribution in [0.3, 0.4) is 0 Å². The molecule has 5 nitrogen and oxygen atoms in total. The number of hydrogen-bond donors (Lipinski definition) is 2. The Hall–Kier alpha value is -1.84. The summed E-state index contributed by atoms with van der Waals surface area (Å²) in [6, 6.07) is 0. The van der Waals surface area contributed by atoms with Crippen LogP contribution < -0.4 is 0 Å². The molecule has 2 rings (SSSR count). The van der Waals surface area contributed by atoms with Gasteiger partial charge in [0.15, 0.2) is 0 Å². The van der Waals surface area contributed by atoms with E-state index in [0.717, 1.165) is 0 Å². The van der Waals surface area contributed by atoms with E-state index in [0.29, 0.717) is 0 Å². The molecule has 1 saturated heterocycles. The van der Waals surface area contributed by atoms with Crippen LogP contribution in [0.5, 0.6) is 0 Å². The highest BCUT2D eigenvalue weighted by molar-refractivity contribution is 6.50. The zero-order chi connectivity index (χ0) is 21.1. The summed E-state index contributed by atoms with van der Waals surface area (Å²) in [7, 11) is -6.00. The minimum Gasteiger partial charge on any atom is -0.481 e. The van der Waals surface area contributed by atoms with Crippen molar-refractivity contribution < 1.29 is 37.1 Å². The Morgan fingerprint density at radius 1 is 1.15 bits per heavy atom. The maximum absolute atomic E-state index is 10.8. The number of aliphatic carboxylic acids is 2. The quantitative estimate of drug-likeness (QED) is 0.549. The number of hydrogen-bond acceptors (Lipinski definition) is 3. The van der Waals surface area contributed by atoms with E-state index in [9.17, 15) is 26.9 Å². The third-order valence-electron chi connectivity index (χ3n) is 4.07. The molecular weight excluding hydrogens is 369 g/mol. The molecule has 1 unspecified atom stereocenters. The number of likely N-dealkylation sites (tertiary alicyclic amines) is 1. The molecule has 156 valence electrons. The summed E-state index contributed by atoms with van der Waals surface area (Å²) in [6.45, 7) is 7.79. The van der Waals surface area contributed by atoms with Crippen molar-refractivity contribution in [3.63, 3.8) is 0 Å². The lowest BCUT2D eigenvalue weighted by atomic mass is 9.80. The minimum absolute atomic E-state index is 0.0359. The number of piperidine rings is 1. The molecule has 2 aliphatic rings. The van der Waals surface area contributed by atoms with Crippen LogP contribution in [-0.2, 0) is 9.59 Å². The summed E-state index contributed by atoms with van der Waals surface area (Å²) in [5.41, 5.74) is -0.949. The van der Waals surface area contributed by atoms with Gasteiger partial charge in [-0.2, -0.15) is 0 Å². The van der Waals surface area contributed by atoms with Crippen molar-refractivity contribution in [2.75, 3.05) is 19.6 Å². The first-order chi connectivity index (χ1) is 12.4. The molecule has 1 fully saturated rings. The fraction of sp³-hybridized carbons (Fsp3) is 0.647. The molecule has 1 heterocycles. The Balaban J connectivity index is 0.000000419. The topological polar surface area (TPSA) is 77.8 Å². The van der Waals surface area contributed by atoms with E-state index in [-0.39, 0.29) is 12.0 Å². The standard InChI is InChI=1S/C9H10O4.C8H17N.BF4/c1-9(8(12)13)4-2-3-6(5-9)7(10)11;1-2-6-9-7-4-3-5-8-9;2-1(3,4)5/h2-4H,5H2,1H3,(H,10,11)(H,12,13);2-8H2,1H3;/q;;-1. The van der Waals surface area contributed by atoms with E-state index in [1.807, 2.05) is 0 Å². The normalized spacial score (nSPS) is 22.5. The number of nitrogens with zero attached hydrogens (tertiary/aromatic N) is 1. The second-order valence-corrected chi connectivity index (χ2v) is 6.65. The average molecular weight is 396 g/mol. The highest BCUT2D eigenvalue weighted by atomic mass is 19.5. The SMILES string of the molecule is CC1(C(=O)O)C=CC=C(C(=O)O)C1.CCCN1CCCCC1.F[B-](F)(F)F. The van der Waals surface area contributed by atoms with Gasteiger partial charge in [-0.1, -0.05) is 31.6 Å². The average Bonchev–Trinajstić information content (AvgIpc) is 2.55. The Morgan fingerprint density at radius 3 is 2.07 bits per heavy atom. The maximum Gasteiger partial charge on any atom is 0.673 e. The summed E-state index contributed by atoms with van der Waals surface area (Å²) in [5, 5.41) is 17.5. The van der Waals surface area contributed by atoms with Gasteiger partial charge in [-0.15, -0.1) is 0 Å². The van der Waals surface area contributed by atoms with Crippen LogP contribution in [-0.4, -0.2) is 53.9 Å². The zero-order valence-electron chi connectivity index (χ0n) is 15.6. The molecular formula is C17H27BF4NO4-. The molecule has 0 radical (unpaired) electrons. The number of carboxylic acid groups (broad SMARTS) is 2. The summed E-state index contributed by atoms with van der Waals surface area (Å²) < 4.78 is 39.0. The van der Waals surface area contributed by atoms with E-state index in [4.69, 9.17) is 10.2 Å². The van der Waals surface area contributed by atoms with Crippen LogP contribution in [0.25, 0.3) is 0 Å². The summed E-state index contributed by atoms with van der Waals surface area (Å²) in [6.07, 6.45) is 10.1. The lowest BCUT2D eigenvalue weighted by Crippen LogP contribution is -2.30. The van der Waals surface area contributed by atoms with Crippen molar-refractivity contribution >= 4 is 19.2 Å². The zero-order valence-corrected chi connectivity index (χ0v) is 15.6. The van der Waals surface area contributed by atoms with E-state index in [1.54, 1.807) is 0 Å². The lowest BCUT2D eigenvalue weighted by Gasteiger charge is -2.25. The molecule has 0 aromatic carbocycles. The van der Waals surface area contributed by atoms with Gasteiger partial charge >= 0.3 is 19.2 Å². The fourth-order valence-corrected chi connectivity index (χ4v) is 2.68. The second kappa shape index (κ2) is 11.8. The molecule has 1 aliphatic carbocycles. The molecule has 0 spiro atoms. The predicted molar refractivity (Wildman–Crippen MR) is 96.0 cm³/mol. The molecule has 0 bridgehead atoms. The van der Waals surface area contributed by atoms with Gasteiger partial charge in [0, 0.05) is 5.57 Å². The number of carboxylic acids is 2. The summed E-state index contributed by atoms with van der Waals surface area (Å²) in [5.74, 6) is -2.06. The number of halogens is 4. The van der Waals surface area contributed by atoms with E-state index in [2.05, 4.69) is 11.8 Å². The molecule has 2 N–H and O–H groups in total. The summed E-state index contributed by atoms with van der Waals surface area (Å²) in [4.78, 5) is 23.9. The van der Waals surface area contributed by atoms with Crippen molar-refractivity contribution in [3.8, 4) is 0 Å². The highest BCUT2D eigenvalue weighted by Gasteiger charge is 2.34. The van der Waals surface area contributed by atoms with Gasteiger partial charge in [0.1, 0.15) is 0 Å². The second-order valence-electron chi connectivity index (χ2n) is 6.65.